The van der Waals surface area contributed by atoms with Gasteiger partial charge in [0.1, 0.15) is 11.6 Å². The smallest absolute Gasteiger partial charge is 0.230 e. The van der Waals surface area contributed by atoms with E-state index in [-0.39, 0.29) is 18.1 Å². The van der Waals surface area contributed by atoms with Gasteiger partial charge in [0, 0.05) is 30.2 Å². The molecule has 22 heavy (non-hydrogen) atoms. The van der Waals surface area contributed by atoms with Gasteiger partial charge in [0.15, 0.2) is 0 Å². The highest BCUT2D eigenvalue weighted by Crippen LogP contribution is 2.42. The van der Waals surface area contributed by atoms with E-state index in [1.54, 1.807) is 0 Å². The van der Waals surface area contributed by atoms with Crippen LogP contribution in [0.4, 0.5) is 8.78 Å². The Balaban J connectivity index is 2.27. The van der Waals surface area contributed by atoms with Gasteiger partial charge in [-0.1, -0.05) is 32.8 Å². The van der Waals surface area contributed by atoms with E-state index in [4.69, 9.17) is 0 Å². The first kappa shape index (κ1) is 16.9. The average molecular weight is 311 g/mol. The summed E-state index contributed by atoms with van der Waals surface area (Å²) >= 11 is 0. The molecule has 0 atom stereocenters. The SMILES string of the molecule is CC(C)(CO)CNC(=O)C1(c2ccc(F)cc2F)CCCC1. The van der Waals surface area contributed by atoms with E-state index in [9.17, 15) is 18.7 Å². The Labute approximate surface area is 129 Å². The third kappa shape index (κ3) is 3.29. The molecule has 0 radical (unpaired) electrons. The molecule has 0 unspecified atom stereocenters. The second-order valence-corrected chi connectivity index (χ2v) is 6.92. The predicted octanol–water partition coefficient (Wildman–Crippen LogP) is 2.91. The van der Waals surface area contributed by atoms with Crippen molar-refractivity contribution < 1.29 is 18.7 Å². The average Bonchev–Trinajstić information content (AvgIpc) is 2.95. The van der Waals surface area contributed by atoms with Gasteiger partial charge >= 0.3 is 0 Å². The highest BCUT2D eigenvalue weighted by Gasteiger charge is 2.44. The van der Waals surface area contributed by atoms with Crippen LogP contribution in [0.25, 0.3) is 0 Å². The number of aliphatic hydroxyl groups excluding tert-OH is 1. The molecule has 1 fully saturated rings. The lowest BCUT2D eigenvalue weighted by Crippen LogP contribution is -2.46. The number of hydrogen-bond acceptors (Lipinski definition) is 2. The fourth-order valence-corrected chi connectivity index (χ4v) is 3.02. The van der Waals surface area contributed by atoms with E-state index < -0.39 is 22.5 Å². The van der Waals surface area contributed by atoms with Crippen molar-refractivity contribution >= 4 is 5.91 Å². The van der Waals surface area contributed by atoms with Crippen LogP contribution < -0.4 is 5.32 Å². The lowest BCUT2D eigenvalue weighted by atomic mass is 9.77. The number of hydrogen-bond donors (Lipinski definition) is 2. The van der Waals surface area contributed by atoms with E-state index in [1.165, 1.54) is 12.1 Å². The Morgan fingerprint density at radius 3 is 2.50 bits per heavy atom. The summed E-state index contributed by atoms with van der Waals surface area (Å²) in [6, 6.07) is 3.41. The summed E-state index contributed by atoms with van der Waals surface area (Å²) in [6.07, 6.45) is 2.79. The molecular weight excluding hydrogens is 288 g/mol. The molecule has 0 bridgehead atoms. The molecule has 0 aliphatic heterocycles. The number of rotatable bonds is 5. The lowest BCUT2D eigenvalue weighted by molar-refractivity contribution is -0.127. The summed E-state index contributed by atoms with van der Waals surface area (Å²) in [5.41, 5.74) is -1.09. The van der Waals surface area contributed by atoms with Crippen molar-refractivity contribution in [2.45, 2.75) is 44.9 Å². The van der Waals surface area contributed by atoms with E-state index in [1.807, 2.05) is 13.8 Å². The van der Waals surface area contributed by atoms with Crippen LogP contribution in [0.1, 0.15) is 45.1 Å². The molecule has 0 aromatic heterocycles. The Kier molecular flexibility index (Phi) is 4.85. The number of carbonyl (C=O) groups is 1. The highest BCUT2D eigenvalue weighted by atomic mass is 19.1. The van der Waals surface area contributed by atoms with Crippen molar-refractivity contribution in [1.82, 2.24) is 5.32 Å². The number of aliphatic hydroxyl groups is 1. The topological polar surface area (TPSA) is 49.3 Å². The van der Waals surface area contributed by atoms with Crippen LogP contribution in [0.5, 0.6) is 0 Å². The van der Waals surface area contributed by atoms with Crippen LogP contribution in [0, 0.1) is 17.0 Å². The molecule has 1 amide bonds. The zero-order valence-electron chi connectivity index (χ0n) is 13.1. The molecular formula is C17H23F2NO2. The van der Waals surface area contributed by atoms with Gasteiger partial charge in [-0.2, -0.15) is 0 Å². The molecule has 0 spiro atoms. The second-order valence-electron chi connectivity index (χ2n) is 6.92. The molecule has 0 saturated heterocycles. The first-order valence-corrected chi connectivity index (χ1v) is 7.65. The normalized spacial score (nSPS) is 17.5. The van der Waals surface area contributed by atoms with Crippen molar-refractivity contribution in [3.8, 4) is 0 Å². The fraction of sp³-hybridized carbons (Fsp3) is 0.588. The monoisotopic (exact) mass is 311 g/mol. The van der Waals surface area contributed by atoms with Gasteiger partial charge in [0.2, 0.25) is 5.91 Å². The van der Waals surface area contributed by atoms with Crippen LogP contribution in [0.2, 0.25) is 0 Å². The first-order valence-electron chi connectivity index (χ1n) is 7.65. The van der Waals surface area contributed by atoms with Gasteiger partial charge in [0.25, 0.3) is 0 Å². The maximum absolute atomic E-state index is 14.2. The van der Waals surface area contributed by atoms with Gasteiger partial charge in [-0.05, 0) is 18.9 Å². The molecule has 122 valence electrons. The molecule has 2 N–H and O–H groups in total. The highest BCUT2D eigenvalue weighted by molar-refractivity contribution is 5.88. The number of halogens is 2. The summed E-state index contributed by atoms with van der Waals surface area (Å²) in [5, 5.41) is 12.1. The molecule has 1 aliphatic carbocycles. The van der Waals surface area contributed by atoms with Crippen LogP contribution in [0.15, 0.2) is 18.2 Å². The summed E-state index contributed by atoms with van der Waals surface area (Å²) in [5.74, 6) is -1.55. The Morgan fingerprint density at radius 1 is 1.32 bits per heavy atom. The molecule has 1 aromatic rings. The zero-order chi connectivity index (χ0) is 16.4. The predicted molar refractivity (Wildman–Crippen MR) is 80.4 cm³/mol. The van der Waals surface area contributed by atoms with E-state index >= 15 is 0 Å². The minimum Gasteiger partial charge on any atom is -0.396 e. The zero-order valence-corrected chi connectivity index (χ0v) is 13.1. The minimum atomic E-state index is -0.927. The van der Waals surface area contributed by atoms with E-state index in [0.29, 0.717) is 19.4 Å². The molecule has 1 aromatic carbocycles. The van der Waals surface area contributed by atoms with Gasteiger partial charge in [-0.15, -0.1) is 0 Å². The van der Waals surface area contributed by atoms with Crippen molar-refractivity contribution in [1.29, 1.82) is 0 Å². The van der Waals surface area contributed by atoms with Crippen molar-refractivity contribution in [3.05, 3.63) is 35.4 Å². The maximum atomic E-state index is 14.2. The number of benzene rings is 1. The van der Waals surface area contributed by atoms with E-state index in [2.05, 4.69) is 5.32 Å². The molecule has 1 saturated carbocycles. The maximum Gasteiger partial charge on any atom is 0.230 e. The summed E-state index contributed by atoms with van der Waals surface area (Å²) < 4.78 is 27.3. The van der Waals surface area contributed by atoms with Crippen LogP contribution in [-0.2, 0) is 10.2 Å². The van der Waals surface area contributed by atoms with Crippen molar-refractivity contribution in [3.63, 3.8) is 0 Å². The molecule has 1 aliphatic rings. The summed E-state index contributed by atoms with van der Waals surface area (Å²) in [7, 11) is 0. The minimum absolute atomic E-state index is 0.0504. The van der Waals surface area contributed by atoms with Crippen LogP contribution >= 0.6 is 0 Å². The number of nitrogens with one attached hydrogen (secondary N) is 1. The van der Waals surface area contributed by atoms with Crippen LogP contribution in [0.3, 0.4) is 0 Å². The quantitative estimate of drug-likeness (QED) is 0.878. The van der Waals surface area contributed by atoms with Crippen molar-refractivity contribution in [2.75, 3.05) is 13.2 Å². The first-order chi connectivity index (χ1) is 10.3. The Hall–Kier alpha value is -1.49. The largest absolute Gasteiger partial charge is 0.396 e. The molecule has 5 heteroatoms. The van der Waals surface area contributed by atoms with Gasteiger partial charge in [-0.25, -0.2) is 8.78 Å². The summed E-state index contributed by atoms with van der Waals surface area (Å²) in [4.78, 5) is 12.7. The standard InChI is InChI=1S/C17H23F2NO2/c1-16(2,11-21)10-20-15(22)17(7-3-4-8-17)13-6-5-12(18)9-14(13)19/h5-6,9,21H,3-4,7-8,10-11H2,1-2H3,(H,20,22). The summed E-state index contributed by atoms with van der Waals surface area (Å²) in [6.45, 7) is 3.94. The van der Waals surface area contributed by atoms with Crippen LogP contribution in [-0.4, -0.2) is 24.2 Å². The lowest BCUT2D eigenvalue weighted by Gasteiger charge is -2.31. The number of amides is 1. The van der Waals surface area contributed by atoms with Gasteiger partial charge in [0.05, 0.1) is 5.41 Å². The molecule has 3 nitrogen and oxygen atoms in total. The van der Waals surface area contributed by atoms with Gasteiger partial charge < -0.3 is 10.4 Å². The third-order valence-electron chi connectivity index (χ3n) is 4.49. The second kappa shape index (κ2) is 6.32. The fourth-order valence-electron chi connectivity index (χ4n) is 3.02. The Bertz CT molecular complexity index is 552. The number of carbonyl (C=O) groups excluding carboxylic acids is 1. The van der Waals surface area contributed by atoms with E-state index in [0.717, 1.165) is 18.9 Å². The van der Waals surface area contributed by atoms with Crippen molar-refractivity contribution in [2.24, 2.45) is 5.41 Å². The third-order valence-corrected chi connectivity index (χ3v) is 4.49. The molecule has 2 rings (SSSR count). The molecule has 0 heterocycles. The van der Waals surface area contributed by atoms with Gasteiger partial charge in [-0.3, -0.25) is 4.79 Å². The Morgan fingerprint density at radius 2 is 1.95 bits per heavy atom.